The summed E-state index contributed by atoms with van der Waals surface area (Å²) in [6, 6.07) is 7.16. The molecule has 6 nitrogen and oxygen atoms in total. The Morgan fingerprint density at radius 3 is 3.24 bits per heavy atom. The Hall–Kier alpha value is -1.76. The van der Waals surface area contributed by atoms with Crippen LogP contribution in [0.4, 0.5) is 0 Å². The zero-order chi connectivity index (χ0) is 14.7. The topological polar surface area (TPSA) is 58.9 Å². The molecule has 3 heterocycles. The van der Waals surface area contributed by atoms with Crippen molar-refractivity contribution < 1.29 is 4.74 Å². The number of morpholine rings is 1. The zero-order valence-corrected chi connectivity index (χ0v) is 12.2. The van der Waals surface area contributed by atoms with Gasteiger partial charge in [-0.15, -0.1) is 0 Å². The second-order valence-corrected chi connectivity index (χ2v) is 5.41. The average Bonchev–Trinajstić information content (AvgIpc) is 2.48. The van der Waals surface area contributed by atoms with Gasteiger partial charge in [-0.3, -0.25) is 14.1 Å². The van der Waals surface area contributed by atoms with Crippen molar-refractivity contribution in [3.05, 3.63) is 46.5 Å². The molecule has 1 aliphatic heterocycles. The molecular weight excluding hydrogens is 268 g/mol. The van der Waals surface area contributed by atoms with Gasteiger partial charge in [-0.25, -0.2) is 4.98 Å². The highest BCUT2D eigenvalue weighted by molar-refractivity contribution is 5.37. The second kappa shape index (κ2) is 6.34. The number of pyridine rings is 1. The Bertz CT molecular complexity index is 664. The predicted molar refractivity (Wildman–Crippen MR) is 80.4 cm³/mol. The number of hydrogen-bond donors (Lipinski definition) is 1. The fraction of sp³-hybridized carbons (Fsp3) is 0.467. The second-order valence-electron chi connectivity index (χ2n) is 5.41. The molecule has 21 heavy (non-hydrogen) atoms. The Labute approximate surface area is 123 Å². The van der Waals surface area contributed by atoms with E-state index in [1.165, 1.54) is 0 Å². The fourth-order valence-electron chi connectivity index (χ4n) is 2.61. The molecule has 1 atom stereocenters. The van der Waals surface area contributed by atoms with E-state index in [4.69, 9.17) is 4.74 Å². The van der Waals surface area contributed by atoms with Crippen LogP contribution in [-0.4, -0.2) is 53.7 Å². The van der Waals surface area contributed by atoms with Gasteiger partial charge in [0.05, 0.1) is 18.4 Å². The molecule has 2 aromatic heterocycles. The maximum Gasteiger partial charge on any atom is 0.258 e. The highest BCUT2D eigenvalue weighted by atomic mass is 16.5. The van der Waals surface area contributed by atoms with E-state index in [2.05, 4.69) is 15.2 Å². The third-order valence-electron chi connectivity index (χ3n) is 3.58. The summed E-state index contributed by atoms with van der Waals surface area (Å²) in [5.41, 5.74) is 1.43. The number of nitrogens with one attached hydrogen (secondary N) is 1. The highest BCUT2D eigenvalue weighted by Gasteiger charge is 2.16. The van der Waals surface area contributed by atoms with Crippen LogP contribution in [0.15, 0.2) is 35.3 Å². The van der Waals surface area contributed by atoms with E-state index < -0.39 is 0 Å². The molecule has 0 spiro atoms. The third kappa shape index (κ3) is 3.47. The van der Waals surface area contributed by atoms with E-state index in [9.17, 15) is 4.79 Å². The van der Waals surface area contributed by atoms with Crippen LogP contribution in [0.25, 0.3) is 5.65 Å². The Kier molecular flexibility index (Phi) is 4.28. The van der Waals surface area contributed by atoms with Crippen LogP contribution in [0, 0.1) is 0 Å². The predicted octanol–water partition coefficient (Wildman–Crippen LogP) is 0.115. The normalized spacial score (nSPS) is 19.2. The summed E-state index contributed by atoms with van der Waals surface area (Å²) < 4.78 is 7.24. The molecule has 0 aliphatic carbocycles. The SMILES string of the molecule is CN(Cc1cc(=O)n2ccccc2n1)CC1CNCCO1. The summed E-state index contributed by atoms with van der Waals surface area (Å²) in [6.07, 6.45) is 1.94. The first kappa shape index (κ1) is 14.2. The van der Waals surface area contributed by atoms with Crippen molar-refractivity contribution in [2.45, 2.75) is 12.6 Å². The van der Waals surface area contributed by atoms with Crippen LogP contribution in [0.3, 0.4) is 0 Å². The Morgan fingerprint density at radius 1 is 1.52 bits per heavy atom. The minimum atomic E-state index is -0.0421. The molecule has 0 amide bonds. The summed E-state index contributed by atoms with van der Waals surface area (Å²) in [5, 5.41) is 3.32. The molecular formula is C15H20N4O2. The summed E-state index contributed by atoms with van der Waals surface area (Å²) >= 11 is 0. The van der Waals surface area contributed by atoms with Crippen molar-refractivity contribution >= 4 is 5.65 Å². The lowest BCUT2D eigenvalue weighted by Gasteiger charge is -2.27. The van der Waals surface area contributed by atoms with Gasteiger partial charge < -0.3 is 10.1 Å². The highest BCUT2D eigenvalue weighted by Crippen LogP contribution is 2.04. The first-order valence-electron chi connectivity index (χ1n) is 7.20. The molecule has 3 rings (SSSR count). The van der Waals surface area contributed by atoms with Gasteiger partial charge in [0.2, 0.25) is 0 Å². The third-order valence-corrected chi connectivity index (χ3v) is 3.58. The molecule has 1 N–H and O–H groups in total. The van der Waals surface area contributed by atoms with Gasteiger partial charge in [-0.2, -0.15) is 0 Å². The lowest BCUT2D eigenvalue weighted by molar-refractivity contribution is 0.00868. The minimum absolute atomic E-state index is 0.0421. The summed E-state index contributed by atoms with van der Waals surface area (Å²) in [5.74, 6) is 0. The number of rotatable bonds is 4. The molecule has 0 saturated carbocycles. The zero-order valence-electron chi connectivity index (χ0n) is 12.2. The number of fused-ring (bicyclic) bond motifs is 1. The molecule has 0 radical (unpaired) electrons. The van der Waals surface area contributed by atoms with E-state index in [1.807, 2.05) is 25.2 Å². The maximum atomic E-state index is 12.0. The van der Waals surface area contributed by atoms with Crippen LogP contribution in [0.2, 0.25) is 0 Å². The van der Waals surface area contributed by atoms with Gasteiger partial charge in [0.1, 0.15) is 5.65 Å². The van der Waals surface area contributed by atoms with Crippen molar-refractivity contribution in [1.29, 1.82) is 0 Å². The standard InChI is InChI=1S/C15H20N4O2/c1-18(11-13-9-16-5-7-21-13)10-12-8-15(20)19-6-3-2-4-14(19)17-12/h2-4,6,8,13,16H,5,7,9-11H2,1H3. The van der Waals surface area contributed by atoms with Gasteiger partial charge in [-0.05, 0) is 19.2 Å². The summed E-state index contributed by atoms with van der Waals surface area (Å²) in [6.45, 7) is 4.01. The molecule has 112 valence electrons. The van der Waals surface area contributed by atoms with Gasteiger partial charge in [0.25, 0.3) is 5.56 Å². The Balaban J connectivity index is 1.70. The fourth-order valence-corrected chi connectivity index (χ4v) is 2.61. The van der Waals surface area contributed by atoms with Crippen LogP contribution >= 0.6 is 0 Å². The number of ether oxygens (including phenoxy) is 1. The van der Waals surface area contributed by atoms with E-state index in [0.717, 1.165) is 31.9 Å². The molecule has 1 aliphatic rings. The smallest absolute Gasteiger partial charge is 0.258 e. The van der Waals surface area contributed by atoms with Crippen LogP contribution in [0.1, 0.15) is 5.69 Å². The van der Waals surface area contributed by atoms with E-state index >= 15 is 0 Å². The van der Waals surface area contributed by atoms with Crippen molar-refractivity contribution in [1.82, 2.24) is 19.6 Å². The Morgan fingerprint density at radius 2 is 2.43 bits per heavy atom. The lowest BCUT2D eigenvalue weighted by atomic mass is 10.2. The van der Waals surface area contributed by atoms with Gasteiger partial charge in [0.15, 0.2) is 0 Å². The summed E-state index contributed by atoms with van der Waals surface area (Å²) in [4.78, 5) is 18.7. The van der Waals surface area contributed by atoms with Gasteiger partial charge >= 0.3 is 0 Å². The molecule has 0 aromatic carbocycles. The van der Waals surface area contributed by atoms with Crippen LogP contribution in [0.5, 0.6) is 0 Å². The molecule has 0 bridgehead atoms. The van der Waals surface area contributed by atoms with Gasteiger partial charge in [0, 0.05) is 38.4 Å². The first-order valence-corrected chi connectivity index (χ1v) is 7.20. The van der Waals surface area contributed by atoms with Gasteiger partial charge in [-0.1, -0.05) is 6.07 Å². The number of hydrogen-bond acceptors (Lipinski definition) is 5. The van der Waals surface area contributed by atoms with Crippen LogP contribution < -0.4 is 10.9 Å². The first-order chi connectivity index (χ1) is 10.2. The largest absolute Gasteiger partial charge is 0.374 e. The number of aromatic nitrogens is 2. The van der Waals surface area contributed by atoms with E-state index in [0.29, 0.717) is 12.2 Å². The van der Waals surface area contributed by atoms with Crippen LogP contribution in [-0.2, 0) is 11.3 Å². The van der Waals surface area contributed by atoms with Crippen molar-refractivity contribution in [3.63, 3.8) is 0 Å². The van der Waals surface area contributed by atoms with Crippen molar-refractivity contribution in [2.75, 3.05) is 33.3 Å². The number of likely N-dealkylation sites (N-methyl/N-ethyl adjacent to an activating group) is 1. The minimum Gasteiger partial charge on any atom is -0.374 e. The molecule has 1 fully saturated rings. The van der Waals surface area contributed by atoms with Crippen molar-refractivity contribution in [2.24, 2.45) is 0 Å². The summed E-state index contributed by atoms with van der Waals surface area (Å²) in [7, 11) is 2.02. The monoisotopic (exact) mass is 288 g/mol. The van der Waals surface area contributed by atoms with E-state index in [1.54, 1.807) is 16.7 Å². The molecule has 1 unspecified atom stereocenters. The number of nitrogens with zero attached hydrogens (tertiary/aromatic N) is 3. The van der Waals surface area contributed by atoms with Crippen molar-refractivity contribution in [3.8, 4) is 0 Å². The average molecular weight is 288 g/mol. The van der Waals surface area contributed by atoms with E-state index in [-0.39, 0.29) is 11.7 Å². The molecule has 6 heteroatoms. The molecule has 1 saturated heterocycles. The quantitative estimate of drug-likeness (QED) is 0.865. The lowest BCUT2D eigenvalue weighted by Crippen LogP contribution is -2.44. The molecule has 2 aromatic rings. The maximum absolute atomic E-state index is 12.0.